The lowest BCUT2D eigenvalue weighted by Gasteiger charge is -2.26. The molecule has 0 bridgehead atoms. The minimum atomic E-state index is -1.35. The van der Waals surface area contributed by atoms with Crippen LogP contribution in [0.1, 0.15) is 25.8 Å². The van der Waals surface area contributed by atoms with Crippen molar-refractivity contribution in [2.75, 3.05) is 0 Å². The van der Waals surface area contributed by atoms with Gasteiger partial charge in [-0.25, -0.2) is 18.9 Å². The number of nitrogens with zero attached hydrogens (tertiary/aromatic N) is 1. The maximum atomic E-state index is 13.0. The lowest BCUT2D eigenvalue weighted by Crippen LogP contribution is -2.46. The number of nitrogens with one attached hydrogen (secondary N) is 1. The molecule has 1 heterocycles. The number of carboxylic acid groups (broad SMARTS) is 1. The summed E-state index contributed by atoms with van der Waals surface area (Å²) in [6.07, 6.45) is 0.228. The van der Waals surface area contributed by atoms with Crippen LogP contribution in [0.2, 0.25) is 0 Å². The second-order valence-corrected chi connectivity index (χ2v) is 4.89. The second kappa shape index (κ2) is 5.16. The van der Waals surface area contributed by atoms with Crippen LogP contribution < -0.4 is 5.32 Å². The van der Waals surface area contributed by atoms with Crippen molar-refractivity contribution in [1.29, 1.82) is 0 Å². The molecule has 21 heavy (non-hydrogen) atoms. The Morgan fingerprint density at radius 2 is 1.95 bits per heavy atom. The summed E-state index contributed by atoms with van der Waals surface area (Å²) in [5, 5.41) is 11.5. The zero-order valence-electron chi connectivity index (χ0n) is 11.6. The quantitative estimate of drug-likeness (QED) is 0.823. The summed E-state index contributed by atoms with van der Waals surface area (Å²) < 4.78 is 13.0. The molecule has 1 aliphatic heterocycles. The fraction of sp³-hybridized carbons (Fsp3) is 0.357. The number of benzene rings is 1. The monoisotopic (exact) mass is 294 g/mol. The molecule has 2 unspecified atom stereocenters. The maximum Gasteiger partial charge on any atom is 0.326 e. The zero-order valence-corrected chi connectivity index (χ0v) is 11.6. The van der Waals surface area contributed by atoms with E-state index in [1.54, 1.807) is 6.92 Å². The van der Waals surface area contributed by atoms with Crippen molar-refractivity contribution >= 4 is 17.9 Å². The Labute approximate surface area is 120 Å². The molecule has 3 amide bonds. The minimum absolute atomic E-state index is 0.228. The van der Waals surface area contributed by atoms with Gasteiger partial charge in [0.2, 0.25) is 0 Å². The maximum absolute atomic E-state index is 13.0. The fourth-order valence-corrected chi connectivity index (χ4v) is 2.43. The van der Waals surface area contributed by atoms with Crippen molar-refractivity contribution in [3.8, 4) is 0 Å². The summed E-state index contributed by atoms with van der Waals surface area (Å²) in [6.45, 7) is 2.95. The van der Waals surface area contributed by atoms with E-state index in [9.17, 15) is 18.8 Å². The van der Waals surface area contributed by atoms with E-state index < -0.39 is 35.3 Å². The Kier molecular flexibility index (Phi) is 3.67. The summed E-state index contributed by atoms with van der Waals surface area (Å²) in [5.41, 5.74) is -0.932. The van der Waals surface area contributed by atoms with Gasteiger partial charge in [-0.05, 0) is 31.0 Å². The first-order valence-electron chi connectivity index (χ1n) is 6.48. The predicted molar refractivity (Wildman–Crippen MR) is 70.8 cm³/mol. The highest BCUT2D eigenvalue weighted by Crippen LogP contribution is 2.33. The number of hydrogen-bond donors (Lipinski definition) is 2. The number of urea groups is 1. The SMILES string of the molecule is CCC1(c2ccc(F)cc2)NC(=O)N(C(C)C(=O)O)C1=O. The van der Waals surface area contributed by atoms with Crippen LogP contribution in [-0.4, -0.2) is 34.0 Å². The van der Waals surface area contributed by atoms with Crippen molar-refractivity contribution in [1.82, 2.24) is 10.2 Å². The highest BCUT2D eigenvalue weighted by atomic mass is 19.1. The molecular weight excluding hydrogens is 279 g/mol. The number of rotatable bonds is 4. The van der Waals surface area contributed by atoms with Crippen LogP contribution in [0.5, 0.6) is 0 Å². The van der Waals surface area contributed by atoms with E-state index in [0.29, 0.717) is 10.5 Å². The van der Waals surface area contributed by atoms with Crippen LogP contribution in [0.15, 0.2) is 24.3 Å². The van der Waals surface area contributed by atoms with Gasteiger partial charge in [-0.15, -0.1) is 0 Å². The minimum Gasteiger partial charge on any atom is -0.480 e. The molecule has 1 fully saturated rings. The number of amides is 3. The number of imide groups is 1. The van der Waals surface area contributed by atoms with Crippen molar-refractivity contribution in [2.24, 2.45) is 0 Å². The van der Waals surface area contributed by atoms with Crippen molar-refractivity contribution in [3.63, 3.8) is 0 Å². The average Bonchev–Trinajstić information content (AvgIpc) is 2.70. The topological polar surface area (TPSA) is 86.7 Å². The van der Waals surface area contributed by atoms with Crippen LogP contribution in [-0.2, 0) is 15.1 Å². The molecule has 0 spiro atoms. The third-order valence-corrected chi connectivity index (χ3v) is 3.74. The number of aliphatic carboxylic acids is 1. The van der Waals surface area contributed by atoms with Gasteiger partial charge in [0.05, 0.1) is 0 Å². The molecular formula is C14H15FN2O4. The first-order chi connectivity index (χ1) is 9.83. The fourth-order valence-electron chi connectivity index (χ4n) is 2.43. The molecule has 1 aliphatic rings. The highest BCUT2D eigenvalue weighted by molar-refractivity contribution is 6.09. The summed E-state index contributed by atoms with van der Waals surface area (Å²) in [7, 11) is 0. The number of carbonyl (C=O) groups is 3. The molecule has 0 aromatic heterocycles. The van der Waals surface area contributed by atoms with Gasteiger partial charge in [0.15, 0.2) is 0 Å². The largest absolute Gasteiger partial charge is 0.480 e. The van der Waals surface area contributed by atoms with Crippen LogP contribution in [0.3, 0.4) is 0 Å². The average molecular weight is 294 g/mol. The van der Waals surface area contributed by atoms with Gasteiger partial charge in [0, 0.05) is 0 Å². The molecule has 1 aromatic carbocycles. The van der Waals surface area contributed by atoms with E-state index >= 15 is 0 Å². The molecule has 1 aromatic rings. The van der Waals surface area contributed by atoms with Crippen molar-refractivity contribution in [3.05, 3.63) is 35.6 Å². The van der Waals surface area contributed by atoms with Gasteiger partial charge in [-0.3, -0.25) is 4.79 Å². The van der Waals surface area contributed by atoms with Crippen molar-refractivity contribution < 1.29 is 23.9 Å². The van der Waals surface area contributed by atoms with Gasteiger partial charge in [-0.2, -0.15) is 0 Å². The Hall–Kier alpha value is -2.44. The lowest BCUT2D eigenvalue weighted by atomic mass is 9.87. The Morgan fingerprint density at radius 3 is 2.43 bits per heavy atom. The molecule has 2 N–H and O–H groups in total. The van der Waals surface area contributed by atoms with Gasteiger partial charge in [0.1, 0.15) is 17.4 Å². The number of carboxylic acids is 1. The predicted octanol–water partition coefficient (Wildman–Crippen LogP) is 1.46. The van der Waals surface area contributed by atoms with Gasteiger partial charge in [-0.1, -0.05) is 19.1 Å². The Bertz CT molecular complexity index is 601. The van der Waals surface area contributed by atoms with E-state index in [-0.39, 0.29) is 6.42 Å². The molecule has 0 radical (unpaired) electrons. The molecule has 6 nitrogen and oxygen atoms in total. The van der Waals surface area contributed by atoms with E-state index in [0.717, 1.165) is 0 Å². The summed E-state index contributed by atoms with van der Waals surface area (Å²) in [5.74, 6) is -2.38. The third kappa shape index (κ3) is 2.24. The normalized spacial score (nSPS) is 23.1. The van der Waals surface area contributed by atoms with E-state index in [1.807, 2.05) is 0 Å². The molecule has 7 heteroatoms. The van der Waals surface area contributed by atoms with E-state index in [2.05, 4.69) is 5.32 Å². The molecule has 2 atom stereocenters. The highest BCUT2D eigenvalue weighted by Gasteiger charge is 2.53. The van der Waals surface area contributed by atoms with Gasteiger partial charge < -0.3 is 10.4 Å². The van der Waals surface area contributed by atoms with Crippen LogP contribution in [0, 0.1) is 5.82 Å². The van der Waals surface area contributed by atoms with E-state index in [4.69, 9.17) is 5.11 Å². The molecule has 0 saturated carbocycles. The first-order valence-corrected chi connectivity index (χ1v) is 6.48. The molecule has 0 aliphatic carbocycles. The van der Waals surface area contributed by atoms with Crippen LogP contribution in [0.4, 0.5) is 9.18 Å². The summed E-state index contributed by atoms with van der Waals surface area (Å²) in [4.78, 5) is 36.3. The second-order valence-electron chi connectivity index (χ2n) is 4.89. The van der Waals surface area contributed by atoms with Crippen LogP contribution in [0.25, 0.3) is 0 Å². The number of carbonyl (C=O) groups excluding carboxylic acids is 2. The van der Waals surface area contributed by atoms with Crippen LogP contribution >= 0.6 is 0 Å². The first kappa shape index (κ1) is 15.0. The summed E-state index contributed by atoms with van der Waals surface area (Å²) >= 11 is 0. The van der Waals surface area contributed by atoms with Crippen molar-refractivity contribution in [2.45, 2.75) is 31.8 Å². The summed E-state index contributed by atoms with van der Waals surface area (Å²) in [6, 6.07) is 3.16. The Balaban J connectivity index is 2.46. The number of hydrogen-bond acceptors (Lipinski definition) is 3. The van der Waals surface area contributed by atoms with E-state index in [1.165, 1.54) is 31.2 Å². The third-order valence-electron chi connectivity index (χ3n) is 3.74. The Morgan fingerprint density at radius 1 is 1.38 bits per heavy atom. The zero-order chi connectivity index (χ0) is 15.8. The number of halogens is 1. The standard InChI is InChI=1S/C14H15FN2O4/c1-3-14(9-4-6-10(15)7-5-9)12(20)17(13(21)16-14)8(2)11(18)19/h4-8H,3H2,1-2H3,(H,16,21)(H,18,19). The molecule has 112 valence electrons. The smallest absolute Gasteiger partial charge is 0.326 e. The lowest BCUT2D eigenvalue weighted by molar-refractivity contribution is -0.147. The van der Waals surface area contributed by atoms with Gasteiger partial charge in [0.25, 0.3) is 5.91 Å². The molecule has 1 saturated heterocycles. The molecule has 2 rings (SSSR count). The van der Waals surface area contributed by atoms with Gasteiger partial charge >= 0.3 is 12.0 Å².